The monoisotopic (exact) mass is 546 g/mol. The molecule has 1 fully saturated rings. The second-order valence-electron chi connectivity index (χ2n) is 7.93. The molecule has 3 aromatic rings. The molecule has 1 aliphatic heterocycles. The lowest BCUT2D eigenvalue weighted by atomic mass is 10.1. The summed E-state index contributed by atoms with van der Waals surface area (Å²) in [6, 6.07) is 14.7. The quantitative estimate of drug-likeness (QED) is 0.277. The zero-order valence-corrected chi connectivity index (χ0v) is 21.0. The summed E-state index contributed by atoms with van der Waals surface area (Å²) in [5.41, 5.74) is 3.38. The van der Waals surface area contributed by atoms with Gasteiger partial charge in [-0.2, -0.15) is 0 Å². The molecule has 0 aliphatic carbocycles. The molecule has 0 atom stereocenters. The van der Waals surface area contributed by atoms with Crippen molar-refractivity contribution in [3.05, 3.63) is 72.0 Å². The van der Waals surface area contributed by atoms with E-state index in [-0.39, 0.29) is 24.0 Å². The first-order valence-corrected chi connectivity index (χ1v) is 10.8. The summed E-state index contributed by atoms with van der Waals surface area (Å²) in [5, 5.41) is 6.85. The van der Waals surface area contributed by atoms with E-state index in [4.69, 9.17) is 4.42 Å². The Balaban J connectivity index is 0.00000289. The number of likely N-dealkylation sites (tertiary alicyclic amines) is 1. The first-order chi connectivity index (χ1) is 15.2. The largest absolute Gasteiger partial charge is 0.439 e. The van der Waals surface area contributed by atoms with Crippen molar-refractivity contribution in [3.8, 4) is 11.3 Å². The Kier molecular flexibility index (Phi) is 9.04. The molecule has 32 heavy (non-hydrogen) atoms. The van der Waals surface area contributed by atoms with Gasteiger partial charge in [-0.1, -0.05) is 35.9 Å². The maximum absolute atomic E-state index is 5.90. The van der Waals surface area contributed by atoms with Crippen LogP contribution in [0.2, 0.25) is 0 Å². The van der Waals surface area contributed by atoms with Crippen molar-refractivity contribution in [2.75, 3.05) is 20.1 Å². The molecule has 2 aromatic heterocycles. The molecule has 7 nitrogen and oxygen atoms in total. The Morgan fingerprint density at radius 3 is 2.59 bits per heavy atom. The van der Waals surface area contributed by atoms with Gasteiger partial charge < -0.3 is 15.1 Å². The molecule has 2 N–H and O–H groups in total. The molecule has 0 amide bonds. The SMILES string of the molecule is CN=C(NCc1ncc(-c2ccc(C)cc2)o1)NC1CCN(Cc2ccccn2)CC1.I. The maximum Gasteiger partial charge on any atom is 0.214 e. The minimum Gasteiger partial charge on any atom is -0.439 e. The Labute approximate surface area is 206 Å². The highest BCUT2D eigenvalue weighted by Gasteiger charge is 2.20. The second kappa shape index (κ2) is 12.0. The van der Waals surface area contributed by atoms with E-state index in [1.165, 1.54) is 5.56 Å². The van der Waals surface area contributed by atoms with Crippen LogP contribution < -0.4 is 10.6 Å². The van der Waals surface area contributed by atoms with E-state index in [0.717, 1.165) is 55.5 Å². The Bertz CT molecular complexity index is 981. The van der Waals surface area contributed by atoms with Gasteiger partial charge in [0.25, 0.3) is 0 Å². The minimum atomic E-state index is 0. The van der Waals surface area contributed by atoms with Crippen molar-refractivity contribution in [3.63, 3.8) is 0 Å². The second-order valence-corrected chi connectivity index (χ2v) is 7.93. The van der Waals surface area contributed by atoms with Gasteiger partial charge in [0.15, 0.2) is 11.7 Å². The van der Waals surface area contributed by atoms with Gasteiger partial charge in [0.2, 0.25) is 5.89 Å². The Morgan fingerprint density at radius 1 is 1.12 bits per heavy atom. The highest BCUT2D eigenvalue weighted by atomic mass is 127. The number of pyridine rings is 1. The molecule has 0 saturated carbocycles. The van der Waals surface area contributed by atoms with Gasteiger partial charge in [0, 0.05) is 44.5 Å². The predicted molar refractivity (Wildman–Crippen MR) is 138 cm³/mol. The number of nitrogens with zero attached hydrogens (tertiary/aromatic N) is 4. The predicted octanol–water partition coefficient (Wildman–Crippen LogP) is 3.99. The van der Waals surface area contributed by atoms with Crippen LogP contribution in [0.25, 0.3) is 11.3 Å². The fourth-order valence-corrected chi connectivity index (χ4v) is 3.75. The number of nitrogens with one attached hydrogen (secondary N) is 2. The standard InChI is InChI=1S/C24H30N6O.HI/c1-18-6-8-19(9-7-18)22-15-27-23(31-22)16-28-24(25-2)29-20-10-13-30(14-11-20)17-21-5-3-4-12-26-21;/h3-9,12,15,20H,10-11,13-14,16-17H2,1-2H3,(H2,25,28,29);1H. The van der Waals surface area contributed by atoms with Crippen LogP contribution in [-0.2, 0) is 13.1 Å². The molecular weight excluding hydrogens is 515 g/mol. The third kappa shape index (κ3) is 6.77. The van der Waals surface area contributed by atoms with Crippen LogP contribution in [0.3, 0.4) is 0 Å². The van der Waals surface area contributed by atoms with Crippen molar-refractivity contribution in [2.45, 2.75) is 38.9 Å². The summed E-state index contributed by atoms with van der Waals surface area (Å²) >= 11 is 0. The number of guanidine groups is 1. The van der Waals surface area contributed by atoms with Crippen molar-refractivity contribution in [1.29, 1.82) is 0 Å². The summed E-state index contributed by atoms with van der Waals surface area (Å²) in [5.74, 6) is 2.20. The van der Waals surface area contributed by atoms with E-state index in [2.05, 4.69) is 55.6 Å². The van der Waals surface area contributed by atoms with E-state index in [9.17, 15) is 0 Å². The Morgan fingerprint density at radius 2 is 1.91 bits per heavy atom. The van der Waals surface area contributed by atoms with Crippen LogP contribution in [0.4, 0.5) is 0 Å². The number of piperidine rings is 1. The van der Waals surface area contributed by atoms with Gasteiger partial charge in [-0.3, -0.25) is 14.9 Å². The van der Waals surface area contributed by atoms with Crippen LogP contribution in [0.5, 0.6) is 0 Å². The molecule has 0 radical (unpaired) electrons. The Hall–Kier alpha value is -2.46. The van der Waals surface area contributed by atoms with Crippen LogP contribution in [-0.4, -0.2) is 47.0 Å². The number of aliphatic imine (C=N–C) groups is 1. The highest BCUT2D eigenvalue weighted by Crippen LogP contribution is 2.20. The van der Waals surface area contributed by atoms with E-state index in [1.54, 1.807) is 13.2 Å². The van der Waals surface area contributed by atoms with E-state index in [1.807, 2.05) is 30.5 Å². The molecule has 8 heteroatoms. The van der Waals surface area contributed by atoms with Gasteiger partial charge in [0.05, 0.1) is 18.4 Å². The molecule has 0 spiro atoms. The van der Waals surface area contributed by atoms with Crippen LogP contribution >= 0.6 is 24.0 Å². The third-order valence-corrected chi connectivity index (χ3v) is 5.56. The fraction of sp³-hybridized carbons (Fsp3) is 0.375. The van der Waals surface area contributed by atoms with Crippen LogP contribution in [0.15, 0.2) is 64.3 Å². The van der Waals surface area contributed by atoms with Gasteiger partial charge in [0.1, 0.15) is 0 Å². The summed E-state index contributed by atoms with van der Waals surface area (Å²) in [4.78, 5) is 15.6. The number of rotatable bonds is 6. The first kappa shape index (κ1) is 24.2. The number of aromatic nitrogens is 2. The van der Waals surface area contributed by atoms with Crippen LogP contribution in [0.1, 0.15) is 30.0 Å². The van der Waals surface area contributed by atoms with E-state index >= 15 is 0 Å². The normalized spacial score (nSPS) is 15.2. The lowest BCUT2D eigenvalue weighted by Gasteiger charge is -2.32. The molecule has 3 heterocycles. The minimum absolute atomic E-state index is 0. The topological polar surface area (TPSA) is 78.6 Å². The number of halogens is 1. The van der Waals surface area contributed by atoms with Crippen molar-refractivity contribution in [2.24, 2.45) is 4.99 Å². The lowest BCUT2D eigenvalue weighted by Crippen LogP contribution is -2.48. The zero-order valence-electron chi connectivity index (χ0n) is 18.6. The summed E-state index contributed by atoms with van der Waals surface area (Å²) in [7, 11) is 1.79. The van der Waals surface area contributed by atoms with E-state index in [0.29, 0.717) is 18.5 Å². The smallest absolute Gasteiger partial charge is 0.214 e. The first-order valence-electron chi connectivity index (χ1n) is 10.8. The van der Waals surface area contributed by atoms with Crippen molar-refractivity contribution >= 4 is 29.9 Å². The molecular formula is C24H31IN6O. The van der Waals surface area contributed by atoms with Crippen molar-refractivity contribution in [1.82, 2.24) is 25.5 Å². The molecule has 0 bridgehead atoms. The summed E-state index contributed by atoms with van der Waals surface area (Å²) in [6.45, 7) is 5.57. The highest BCUT2D eigenvalue weighted by molar-refractivity contribution is 14.0. The number of oxazole rings is 1. The third-order valence-electron chi connectivity index (χ3n) is 5.56. The molecule has 0 unspecified atom stereocenters. The number of aryl methyl sites for hydroxylation is 1. The molecule has 4 rings (SSSR count). The number of benzene rings is 1. The molecule has 170 valence electrons. The van der Waals surface area contributed by atoms with Gasteiger partial charge in [-0.15, -0.1) is 24.0 Å². The number of hydrogen-bond acceptors (Lipinski definition) is 5. The molecule has 1 aromatic carbocycles. The number of hydrogen-bond donors (Lipinski definition) is 2. The van der Waals surface area contributed by atoms with E-state index < -0.39 is 0 Å². The lowest BCUT2D eigenvalue weighted by molar-refractivity contribution is 0.196. The zero-order chi connectivity index (χ0) is 21.5. The average molecular weight is 546 g/mol. The summed E-state index contributed by atoms with van der Waals surface area (Å²) in [6.07, 6.45) is 5.78. The van der Waals surface area contributed by atoms with Crippen molar-refractivity contribution < 1.29 is 4.42 Å². The average Bonchev–Trinajstić information content (AvgIpc) is 3.28. The maximum atomic E-state index is 5.90. The van der Waals surface area contributed by atoms with Gasteiger partial charge >= 0.3 is 0 Å². The van der Waals surface area contributed by atoms with Gasteiger partial charge in [-0.05, 0) is 31.9 Å². The fourth-order valence-electron chi connectivity index (χ4n) is 3.75. The molecule has 1 saturated heterocycles. The van der Waals surface area contributed by atoms with Crippen LogP contribution in [0, 0.1) is 6.92 Å². The molecule has 1 aliphatic rings. The summed E-state index contributed by atoms with van der Waals surface area (Å²) < 4.78 is 5.90. The van der Waals surface area contributed by atoms with Gasteiger partial charge in [-0.25, -0.2) is 4.98 Å².